The average molecular weight is 244 g/mol. The lowest BCUT2D eigenvalue weighted by molar-refractivity contribution is -0.147. The highest BCUT2D eigenvalue weighted by Crippen LogP contribution is 2.05. The Bertz CT molecular complexity index is 213. The zero-order valence-electron chi connectivity index (χ0n) is 10.6. The van der Waals surface area contributed by atoms with Gasteiger partial charge in [0.2, 0.25) is 0 Å². The van der Waals surface area contributed by atoms with Crippen molar-refractivity contribution in [1.29, 1.82) is 0 Å². The second-order valence-electron chi connectivity index (χ2n) is 4.00. The van der Waals surface area contributed by atoms with E-state index in [1.165, 1.54) is 0 Å². The third-order valence-electron chi connectivity index (χ3n) is 2.30. The molecule has 0 saturated heterocycles. The highest BCUT2D eigenvalue weighted by Gasteiger charge is 2.06. The van der Waals surface area contributed by atoms with E-state index in [0.717, 1.165) is 32.1 Å². The number of unbranched alkanes of at least 4 members (excludes halogenated alkanes) is 3. The topological polar surface area (TPSA) is 66.8 Å². The first-order valence-electron chi connectivity index (χ1n) is 6.30. The van der Waals surface area contributed by atoms with Crippen molar-refractivity contribution >= 4 is 5.97 Å². The van der Waals surface area contributed by atoms with Gasteiger partial charge in [0.15, 0.2) is 0 Å². The van der Waals surface area contributed by atoms with Crippen LogP contribution in [0.15, 0.2) is 12.2 Å². The number of allylic oxidation sites excluding steroid dienone is 2. The summed E-state index contributed by atoms with van der Waals surface area (Å²) in [5, 5.41) is 17.5. The van der Waals surface area contributed by atoms with E-state index in [9.17, 15) is 4.79 Å². The molecule has 0 heterocycles. The Balaban J connectivity index is 3.30. The number of aliphatic hydroxyl groups is 2. The molecule has 0 aromatic heterocycles. The highest BCUT2D eigenvalue weighted by atomic mass is 16.5. The molecule has 1 atom stereocenters. The lowest BCUT2D eigenvalue weighted by Gasteiger charge is -2.08. The van der Waals surface area contributed by atoms with Gasteiger partial charge in [-0.05, 0) is 25.7 Å². The fourth-order valence-corrected chi connectivity index (χ4v) is 1.31. The summed E-state index contributed by atoms with van der Waals surface area (Å²) in [5.74, 6) is -0.304. The Labute approximate surface area is 103 Å². The van der Waals surface area contributed by atoms with Gasteiger partial charge >= 0.3 is 5.97 Å². The van der Waals surface area contributed by atoms with E-state index in [1.807, 2.05) is 0 Å². The molecule has 4 nitrogen and oxygen atoms in total. The summed E-state index contributed by atoms with van der Waals surface area (Å²) in [6, 6.07) is 0. The smallest absolute Gasteiger partial charge is 0.305 e. The Hall–Kier alpha value is -0.870. The predicted octanol–water partition coefficient (Wildman–Crippen LogP) is 1.80. The van der Waals surface area contributed by atoms with Gasteiger partial charge in [-0.1, -0.05) is 25.5 Å². The third-order valence-corrected chi connectivity index (χ3v) is 2.30. The molecule has 17 heavy (non-hydrogen) atoms. The molecule has 0 aliphatic rings. The van der Waals surface area contributed by atoms with Crippen molar-refractivity contribution in [1.82, 2.24) is 0 Å². The molecule has 4 heteroatoms. The van der Waals surface area contributed by atoms with Gasteiger partial charge in [0.05, 0.1) is 6.61 Å². The molecule has 0 aromatic carbocycles. The van der Waals surface area contributed by atoms with Crippen molar-refractivity contribution in [3.63, 3.8) is 0 Å². The van der Waals surface area contributed by atoms with E-state index in [2.05, 4.69) is 19.1 Å². The van der Waals surface area contributed by atoms with Gasteiger partial charge in [-0.3, -0.25) is 4.79 Å². The van der Waals surface area contributed by atoms with Crippen LogP contribution in [0, 0.1) is 0 Å². The average Bonchev–Trinajstić information content (AvgIpc) is 2.34. The number of rotatable bonds is 10. The van der Waals surface area contributed by atoms with Crippen LogP contribution in [0.25, 0.3) is 0 Å². The largest absolute Gasteiger partial charge is 0.463 e. The molecular weight excluding hydrogens is 220 g/mol. The molecule has 0 saturated carbocycles. The summed E-state index contributed by atoms with van der Waals surface area (Å²) >= 11 is 0. The maximum Gasteiger partial charge on any atom is 0.305 e. The van der Waals surface area contributed by atoms with Crippen LogP contribution in [0.5, 0.6) is 0 Å². The van der Waals surface area contributed by atoms with E-state index in [0.29, 0.717) is 6.42 Å². The molecule has 0 fully saturated rings. The van der Waals surface area contributed by atoms with Gasteiger partial charge in [0, 0.05) is 6.42 Å². The molecule has 0 amide bonds. The minimum absolute atomic E-state index is 0.116. The lowest BCUT2D eigenvalue weighted by Crippen LogP contribution is -2.21. The van der Waals surface area contributed by atoms with Gasteiger partial charge < -0.3 is 14.9 Å². The Morgan fingerprint density at radius 1 is 1.29 bits per heavy atom. The van der Waals surface area contributed by atoms with Crippen LogP contribution >= 0.6 is 0 Å². The van der Waals surface area contributed by atoms with E-state index in [1.54, 1.807) is 0 Å². The third kappa shape index (κ3) is 11.4. The van der Waals surface area contributed by atoms with Crippen molar-refractivity contribution in [2.75, 3.05) is 13.2 Å². The SMILES string of the molecule is CC/C=C\CCCCCC(=O)OC[C@@H](O)CO. The van der Waals surface area contributed by atoms with Gasteiger partial charge in [-0.25, -0.2) is 0 Å². The maximum absolute atomic E-state index is 11.2. The number of hydrogen-bond acceptors (Lipinski definition) is 4. The highest BCUT2D eigenvalue weighted by molar-refractivity contribution is 5.69. The van der Waals surface area contributed by atoms with Crippen LogP contribution in [0.1, 0.15) is 45.4 Å². The molecule has 0 spiro atoms. The zero-order valence-corrected chi connectivity index (χ0v) is 10.6. The van der Waals surface area contributed by atoms with Gasteiger partial charge in [-0.15, -0.1) is 0 Å². The number of hydrogen-bond donors (Lipinski definition) is 2. The summed E-state index contributed by atoms with van der Waals surface area (Å²) in [6.45, 7) is 1.61. The van der Waals surface area contributed by atoms with Crippen molar-refractivity contribution in [3.8, 4) is 0 Å². The van der Waals surface area contributed by atoms with E-state index < -0.39 is 6.10 Å². The van der Waals surface area contributed by atoms with E-state index in [4.69, 9.17) is 14.9 Å². The standard InChI is InChI=1S/C13H24O4/c1-2-3-4-5-6-7-8-9-13(16)17-11-12(15)10-14/h3-4,12,14-15H,2,5-11H2,1H3/b4-3-/t12-/m0/s1. The molecule has 0 radical (unpaired) electrons. The summed E-state index contributed by atoms with van der Waals surface area (Å²) in [6.07, 6.45) is 8.77. The van der Waals surface area contributed by atoms with Gasteiger partial charge in [0.25, 0.3) is 0 Å². The number of aliphatic hydroxyl groups excluding tert-OH is 2. The van der Waals surface area contributed by atoms with Crippen molar-refractivity contribution in [2.24, 2.45) is 0 Å². The number of ether oxygens (including phenoxy) is 1. The predicted molar refractivity (Wildman–Crippen MR) is 66.6 cm³/mol. The Morgan fingerprint density at radius 3 is 2.71 bits per heavy atom. The Morgan fingerprint density at radius 2 is 2.06 bits per heavy atom. The quantitative estimate of drug-likeness (QED) is 0.349. The van der Waals surface area contributed by atoms with Gasteiger partial charge in [0.1, 0.15) is 12.7 Å². The molecular formula is C13H24O4. The number of carbonyl (C=O) groups excluding carboxylic acids is 1. The van der Waals surface area contributed by atoms with Crippen molar-refractivity contribution in [3.05, 3.63) is 12.2 Å². The summed E-state index contributed by atoms with van der Waals surface area (Å²) in [7, 11) is 0. The van der Waals surface area contributed by atoms with Crippen LogP contribution in [0.2, 0.25) is 0 Å². The van der Waals surface area contributed by atoms with Gasteiger partial charge in [-0.2, -0.15) is 0 Å². The van der Waals surface area contributed by atoms with E-state index in [-0.39, 0.29) is 19.2 Å². The van der Waals surface area contributed by atoms with E-state index >= 15 is 0 Å². The monoisotopic (exact) mass is 244 g/mol. The molecule has 0 aliphatic carbocycles. The first-order chi connectivity index (χ1) is 8.20. The van der Waals surface area contributed by atoms with Crippen LogP contribution in [-0.2, 0) is 9.53 Å². The molecule has 0 aliphatic heterocycles. The van der Waals surface area contributed by atoms with Crippen LogP contribution in [0.3, 0.4) is 0 Å². The Kier molecular flexibility index (Phi) is 11.0. The second kappa shape index (κ2) is 11.6. The minimum atomic E-state index is -0.960. The van der Waals surface area contributed by atoms with Crippen LogP contribution in [0.4, 0.5) is 0 Å². The molecule has 0 unspecified atom stereocenters. The minimum Gasteiger partial charge on any atom is -0.463 e. The number of carbonyl (C=O) groups is 1. The molecule has 0 rings (SSSR count). The fourth-order valence-electron chi connectivity index (χ4n) is 1.31. The summed E-state index contributed by atoms with van der Waals surface area (Å²) in [4.78, 5) is 11.2. The molecule has 0 bridgehead atoms. The second-order valence-corrected chi connectivity index (χ2v) is 4.00. The molecule has 100 valence electrons. The molecule has 0 aromatic rings. The first-order valence-corrected chi connectivity index (χ1v) is 6.30. The summed E-state index contributed by atoms with van der Waals surface area (Å²) in [5.41, 5.74) is 0. The first kappa shape index (κ1) is 16.1. The van der Waals surface area contributed by atoms with Crippen molar-refractivity contribution < 1.29 is 19.7 Å². The fraction of sp³-hybridized carbons (Fsp3) is 0.769. The maximum atomic E-state index is 11.2. The van der Waals surface area contributed by atoms with Crippen molar-refractivity contribution in [2.45, 2.75) is 51.6 Å². The normalized spacial score (nSPS) is 12.9. The van der Waals surface area contributed by atoms with Crippen LogP contribution < -0.4 is 0 Å². The summed E-state index contributed by atoms with van der Waals surface area (Å²) < 4.78 is 4.78. The lowest BCUT2D eigenvalue weighted by atomic mass is 10.1. The number of esters is 1. The molecule has 2 N–H and O–H groups in total. The zero-order chi connectivity index (χ0) is 12.9. The van der Waals surface area contributed by atoms with Crippen LogP contribution in [-0.4, -0.2) is 35.5 Å².